The molecular formula is C10H14ClN3O2. The fourth-order valence-electron chi connectivity index (χ4n) is 1.39. The molecule has 1 unspecified atom stereocenters. The number of nitrogens with one attached hydrogen (secondary N) is 1. The average Bonchev–Trinajstić information content (AvgIpc) is 2.21. The number of hydrogen-bond acceptors (Lipinski definition) is 4. The molecule has 1 aromatic rings. The number of aliphatic carboxylic acids is 1. The van der Waals surface area contributed by atoms with Crippen molar-refractivity contribution in [3.63, 3.8) is 0 Å². The normalized spacial score (nSPS) is 12.1. The number of carboxylic acid groups (broad SMARTS) is 1. The van der Waals surface area contributed by atoms with Crippen LogP contribution in [-0.4, -0.2) is 27.3 Å². The number of aromatic nitrogens is 2. The maximum absolute atomic E-state index is 10.6. The first kappa shape index (κ1) is 12.7. The topological polar surface area (TPSA) is 75.1 Å². The minimum Gasteiger partial charge on any atom is -0.481 e. The van der Waals surface area contributed by atoms with Gasteiger partial charge in [0.2, 0.25) is 0 Å². The summed E-state index contributed by atoms with van der Waals surface area (Å²) in [4.78, 5) is 10.6. The number of nitrogens with zero attached hydrogens (tertiary/aromatic N) is 2. The Morgan fingerprint density at radius 3 is 2.81 bits per heavy atom. The van der Waals surface area contributed by atoms with Crippen LogP contribution in [0.25, 0.3) is 0 Å². The molecule has 2 N–H and O–H groups in total. The third kappa shape index (κ3) is 4.44. The molecule has 0 aliphatic carbocycles. The minimum atomic E-state index is -0.826. The molecule has 0 bridgehead atoms. The van der Waals surface area contributed by atoms with Gasteiger partial charge in [0.15, 0.2) is 5.15 Å². The van der Waals surface area contributed by atoms with Crippen molar-refractivity contribution in [3.8, 4) is 0 Å². The van der Waals surface area contributed by atoms with Crippen molar-refractivity contribution < 1.29 is 9.90 Å². The lowest BCUT2D eigenvalue weighted by Crippen LogP contribution is -2.23. The van der Waals surface area contributed by atoms with Crippen molar-refractivity contribution in [3.05, 3.63) is 17.3 Å². The summed E-state index contributed by atoms with van der Waals surface area (Å²) in [6, 6.07) is 3.17. The Kier molecular flexibility index (Phi) is 4.98. The fraction of sp³-hybridized carbons (Fsp3) is 0.500. The molecule has 0 amide bonds. The summed E-state index contributed by atoms with van der Waals surface area (Å²) in [5.41, 5.74) is 0. The lowest BCUT2D eigenvalue weighted by molar-refractivity contribution is -0.137. The van der Waals surface area contributed by atoms with Gasteiger partial charge in [-0.3, -0.25) is 4.79 Å². The molecule has 88 valence electrons. The Hall–Kier alpha value is -1.36. The van der Waals surface area contributed by atoms with Gasteiger partial charge in [-0.05, 0) is 18.6 Å². The lowest BCUT2D eigenvalue weighted by atomic mass is 10.1. The van der Waals surface area contributed by atoms with Gasteiger partial charge in [0.25, 0.3) is 0 Å². The van der Waals surface area contributed by atoms with Crippen LogP contribution in [-0.2, 0) is 4.79 Å². The summed E-state index contributed by atoms with van der Waals surface area (Å²) in [5, 5.41) is 19.6. The van der Waals surface area contributed by atoms with E-state index >= 15 is 0 Å². The van der Waals surface area contributed by atoms with Gasteiger partial charge < -0.3 is 10.4 Å². The minimum absolute atomic E-state index is 0.0676. The first-order valence-corrected chi connectivity index (χ1v) is 5.47. The van der Waals surface area contributed by atoms with Gasteiger partial charge in [-0.15, -0.1) is 10.2 Å². The SMILES string of the molecule is CCCC(CC(=O)O)Nc1ccc(Cl)nn1. The zero-order valence-electron chi connectivity index (χ0n) is 8.98. The maximum Gasteiger partial charge on any atom is 0.305 e. The standard InChI is InChI=1S/C10H14ClN3O2/c1-2-3-7(6-10(15)16)12-9-5-4-8(11)13-14-9/h4-5,7H,2-3,6H2,1H3,(H,12,14)(H,15,16). The van der Waals surface area contributed by atoms with Gasteiger partial charge in [0, 0.05) is 6.04 Å². The Morgan fingerprint density at radius 2 is 2.31 bits per heavy atom. The van der Waals surface area contributed by atoms with Crippen molar-refractivity contribution >= 4 is 23.4 Å². The Morgan fingerprint density at radius 1 is 1.56 bits per heavy atom. The Bertz CT molecular complexity index is 342. The fourth-order valence-corrected chi connectivity index (χ4v) is 1.49. The highest BCUT2D eigenvalue weighted by atomic mass is 35.5. The smallest absolute Gasteiger partial charge is 0.305 e. The Labute approximate surface area is 98.8 Å². The van der Waals surface area contributed by atoms with Gasteiger partial charge in [-0.2, -0.15) is 0 Å². The van der Waals surface area contributed by atoms with Crippen LogP contribution in [0.15, 0.2) is 12.1 Å². The molecule has 0 aliphatic rings. The molecule has 1 rings (SSSR count). The summed E-state index contributed by atoms with van der Waals surface area (Å²) in [7, 11) is 0. The maximum atomic E-state index is 10.6. The third-order valence-electron chi connectivity index (χ3n) is 2.04. The molecule has 0 spiro atoms. The van der Waals surface area contributed by atoms with E-state index in [4.69, 9.17) is 16.7 Å². The summed E-state index contributed by atoms with van der Waals surface area (Å²) in [6.45, 7) is 2.00. The molecule has 6 heteroatoms. The van der Waals surface area contributed by atoms with Crippen molar-refractivity contribution in [2.24, 2.45) is 0 Å². The van der Waals surface area contributed by atoms with E-state index in [-0.39, 0.29) is 12.5 Å². The highest BCUT2D eigenvalue weighted by Gasteiger charge is 2.12. The van der Waals surface area contributed by atoms with E-state index in [1.807, 2.05) is 6.92 Å². The van der Waals surface area contributed by atoms with Crippen LogP contribution in [0.4, 0.5) is 5.82 Å². The summed E-state index contributed by atoms with van der Waals surface area (Å²) in [5.74, 6) is -0.281. The molecule has 0 radical (unpaired) electrons. The first-order valence-electron chi connectivity index (χ1n) is 5.09. The van der Waals surface area contributed by atoms with E-state index in [0.29, 0.717) is 11.0 Å². The molecule has 16 heavy (non-hydrogen) atoms. The molecule has 1 aromatic heterocycles. The van der Waals surface area contributed by atoms with Crippen molar-refractivity contribution in [2.45, 2.75) is 32.2 Å². The quantitative estimate of drug-likeness (QED) is 0.801. The van der Waals surface area contributed by atoms with E-state index < -0.39 is 5.97 Å². The first-order chi connectivity index (χ1) is 7.61. The second kappa shape index (κ2) is 6.27. The Balaban J connectivity index is 2.59. The second-order valence-corrected chi connectivity index (χ2v) is 3.86. The van der Waals surface area contributed by atoms with Crippen LogP contribution in [0.2, 0.25) is 5.15 Å². The van der Waals surface area contributed by atoms with Gasteiger partial charge >= 0.3 is 5.97 Å². The lowest BCUT2D eigenvalue weighted by Gasteiger charge is -2.15. The molecule has 1 heterocycles. The van der Waals surface area contributed by atoms with E-state index in [1.54, 1.807) is 12.1 Å². The summed E-state index contributed by atoms with van der Waals surface area (Å²) < 4.78 is 0. The van der Waals surface area contributed by atoms with Gasteiger partial charge in [-0.25, -0.2) is 0 Å². The van der Waals surface area contributed by atoms with Gasteiger partial charge in [0.05, 0.1) is 6.42 Å². The number of rotatable bonds is 6. The molecule has 0 aliphatic heterocycles. The van der Waals surface area contributed by atoms with Crippen LogP contribution >= 0.6 is 11.6 Å². The van der Waals surface area contributed by atoms with Crippen LogP contribution in [0.3, 0.4) is 0 Å². The predicted octanol–water partition coefficient (Wildman–Crippen LogP) is 2.19. The van der Waals surface area contributed by atoms with Crippen molar-refractivity contribution in [2.75, 3.05) is 5.32 Å². The van der Waals surface area contributed by atoms with Crippen LogP contribution in [0.5, 0.6) is 0 Å². The highest BCUT2D eigenvalue weighted by molar-refractivity contribution is 6.29. The van der Waals surface area contributed by atoms with Crippen LogP contribution in [0, 0.1) is 0 Å². The number of carbonyl (C=O) groups is 1. The van der Waals surface area contributed by atoms with Gasteiger partial charge in [-0.1, -0.05) is 24.9 Å². The van der Waals surface area contributed by atoms with Crippen LogP contribution in [0.1, 0.15) is 26.2 Å². The largest absolute Gasteiger partial charge is 0.481 e. The van der Waals surface area contributed by atoms with E-state index in [9.17, 15) is 4.79 Å². The van der Waals surface area contributed by atoms with Crippen molar-refractivity contribution in [1.29, 1.82) is 0 Å². The molecule has 0 fully saturated rings. The second-order valence-electron chi connectivity index (χ2n) is 3.47. The third-order valence-corrected chi connectivity index (χ3v) is 2.24. The summed E-state index contributed by atoms with van der Waals surface area (Å²) in [6.07, 6.45) is 1.75. The molecule has 1 atom stereocenters. The predicted molar refractivity (Wildman–Crippen MR) is 61.6 cm³/mol. The van der Waals surface area contributed by atoms with E-state index in [2.05, 4.69) is 15.5 Å². The molecule has 5 nitrogen and oxygen atoms in total. The molecular weight excluding hydrogens is 230 g/mol. The highest BCUT2D eigenvalue weighted by Crippen LogP contribution is 2.11. The zero-order valence-corrected chi connectivity index (χ0v) is 9.74. The monoisotopic (exact) mass is 243 g/mol. The van der Waals surface area contributed by atoms with E-state index in [0.717, 1.165) is 12.8 Å². The number of halogens is 1. The molecule has 0 saturated heterocycles. The molecule has 0 aromatic carbocycles. The number of anilines is 1. The number of hydrogen-bond donors (Lipinski definition) is 2. The zero-order chi connectivity index (χ0) is 12.0. The van der Waals surface area contributed by atoms with Crippen molar-refractivity contribution in [1.82, 2.24) is 10.2 Å². The van der Waals surface area contributed by atoms with E-state index in [1.165, 1.54) is 0 Å². The summed E-state index contributed by atoms with van der Waals surface area (Å²) >= 11 is 5.60. The van der Waals surface area contributed by atoms with Crippen LogP contribution < -0.4 is 5.32 Å². The molecule has 0 saturated carbocycles. The number of carboxylic acids is 1. The average molecular weight is 244 g/mol. The van der Waals surface area contributed by atoms with Gasteiger partial charge in [0.1, 0.15) is 5.82 Å².